The fourth-order valence-electron chi connectivity index (χ4n) is 2.76. The molecule has 2 aromatic heterocycles. The van der Waals surface area contributed by atoms with Crippen LogP contribution in [0.15, 0.2) is 47.8 Å². The number of amides is 1. The number of hydrogen-bond acceptors (Lipinski definition) is 8. The Morgan fingerprint density at radius 3 is 2.36 bits per heavy atom. The van der Waals surface area contributed by atoms with Crippen LogP contribution in [-0.4, -0.2) is 55.0 Å². The van der Waals surface area contributed by atoms with Gasteiger partial charge >= 0.3 is 0 Å². The van der Waals surface area contributed by atoms with Crippen molar-refractivity contribution in [1.29, 1.82) is 0 Å². The Morgan fingerprint density at radius 2 is 1.79 bits per heavy atom. The summed E-state index contributed by atoms with van der Waals surface area (Å²) in [4.78, 5) is 21.0. The van der Waals surface area contributed by atoms with E-state index in [0.29, 0.717) is 11.6 Å². The third kappa shape index (κ3) is 6.90. The second-order valence-corrected chi connectivity index (χ2v) is 11.2. The third-order valence-corrected chi connectivity index (χ3v) is 6.06. The molecule has 0 spiro atoms. The lowest BCUT2D eigenvalue weighted by Crippen LogP contribution is -2.29. The van der Waals surface area contributed by atoms with Crippen molar-refractivity contribution in [3.05, 3.63) is 59.3 Å². The molecule has 0 aliphatic rings. The summed E-state index contributed by atoms with van der Waals surface area (Å²) in [6.07, 6.45) is 4.65. The van der Waals surface area contributed by atoms with Crippen LogP contribution < -0.4 is 10.0 Å². The number of benzene rings is 1. The van der Waals surface area contributed by atoms with Crippen LogP contribution in [0, 0.1) is 0 Å². The Balaban J connectivity index is 0.00000385. The lowest BCUT2D eigenvalue weighted by atomic mass is 10.2. The minimum atomic E-state index is -3.55. The molecule has 0 aliphatic carbocycles. The SMILES string of the molecule is C[C@@H](NC(=O)c1cc(Cl)cc(S(C)(=O)=O)c1)c1ncnn1-c1ccc(NS(C)(=O)=O)cn1.S. The quantitative estimate of drug-likeness (QED) is 0.466. The fourth-order valence-corrected chi connectivity index (χ4v) is 4.29. The number of sulfone groups is 1. The highest BCUT2D eigenvalue weighted by Gasteiger charge is 2.20. The molecular weight excluding hydrogens is 512 g/mol. The average molecular weight is 533 g/mol. The lowest BCUT2D eigenvalue weighted by Gasteiger charge is -2.15. The van der Waals surface area contributed by atoms with Gasteiger partial charge in [-0.3, -0.25) is 9.52 Å². The number of aromatic nitrogens is 4. The molecule has 0 fully saturated rings. The summed E-state index contributed by atoms with van der Waals surface area (Å²) in [6, 6.07) is 6.27. The maximum absolute atomic E-state index is 12.7. The first-order valence-electron chi connectivity index (χ1n) is 8.99. The average Bonchev–Trinajstić information content (AvgIpc) is 3.16. The summed E-state index contributed by atoms with van der Waals surface area (Å²) in [5.74, 6) is 0.139. The number of nitrogens with zero attached hydrogens (tertiary/aromatic N) is 4. The van der Waals surface area contributed by atoms with Crippen LogP contribution in [0.1, 0.15) is 29.1 Å². The van der Waals surface area contributed by atoms with Gasteiger partial charge in [-0.1, -0.05) is 11.6 Å². The molecular formula is C18H21ClN6O5S3. The van der Waals surface area contributed by atoms with E-state index in [2.05, 4.69) is 25.1 Å². The van der Waals surface area contributed by atoms with Crippen LogP contribution in [0.25, 0.3) is 5.82 Å². The molecule has 11 nitrogen and oxygen atoms in total. The van der Waals surface area contributed by atoms with Gasteiger partial charge in [0.05, 0.1) is 29.1 Å². The highest BCUT2D eigenvalue weighted by Crippen LogP contribution is 2.21. The topological polar surface area (TPSA) is 153 Å². The van der Waals surface area contributed by atoms with E-state index in [0.717, 1.165) is 12.5 Å². The zero-order valence-electron chi connectivity index (χ0n) is 17.6. The maximum atomic E-state index is 12.7. The Labute approximate surface area is 203 Å². The summed E-state index contributed by atoms with van der Waals surface area (Å²) in [5, 5.41) is 6.94. The van der Waals surface area contributed by atoms with Crippen molar-refractivity contribution in [1.82, 2.24) is 25.1 Å². The lowest BCUT2D eigenvalue weighted by molar-refractivity contribution is 0.0937. The van der Waals surface area contributed by atoms with E-state index in [1.54, 1.807) is 6.92 Å². The second-order valence-electron chi connectivity index (χ2n) is 6.95. The molecule has 33 heavy (non-hydrogen) atoms. The van der Waals surface area contributed by atoms with Gasteiger partial charge in [0, 0.05) is 16.8 Å². The number of carbonyl (C=O) groups excluding carboxylic acids is 1. The first-order chi connectivity index (χ1) is 14.8. The molecule has 0 unspecified atom stereocenters. The number of sulfonamides is 1. The molecule has 1 atom stereocenters. The molecule has 0 saturated heterocycles. The molecule has 178 valence electrons. The number of anilines is 1. The smallest absolute Gasteiger partial charge is 0.251 e. The first kappa shape index (κ1) is 26.6. The Hall–Kier alpha value is -2.68. The van der Waals surface area contributed by atoms with Crippen molar-refractivity contribution < 1.29 is 21.6 Å². The van der Waals surface area contributed by atoms with E-state index >= 15 is 0 Å². The normalized spacial score (nSPS) is 12.5. The molecule has 1 amide bonds. The number of nitrogens with one attached hydrogen (secondary N) is 2. The summed E-state index contributed by atoms with van der Waals surface area (Å²) in [5.41, 5.74) is 0.354. The second kappa shape index (κ2) is 10.1. The molecule has 3 aromatic rings. The van der Waals surface area contributed by atoms with Crippen LogP contribution in [-0.2, 0) is 19.9 Å². The van der Waals surface area contributed by atoms with Gasteiger partial charge in [0.2, 0.25) is 10.0 Å². The Morgan fingerprint density at radius 1 is 1.09 bits per heavy atom. The molecule has 2 heterocycles. The third-order valence-electron chi connectivity index (χ3n) is 4.14. The summed E-state index contributed by atoms with van der Waals surface area (Å²) in [6.45, 7) is 1.67. The largest absolute Gasteiger partial charge is 0.342 e. The summed E-state index contributed by atoms with van der Waals surface area (Å²) in [7, 11) is -6.99. The van der Waals surface area contributed by atoms with Crippen molar-refractivity contribution in [3.63, 3.8) is 0 Å². The van der Waals surface area contributed by atoms with Gasteiger partial charge in [0.15, 0.2) is 21.5 Å². The Kier molecular flexibility index (Phi) is 8.11. The number of rotatable bonds is 7. The minimum absolute atomic E-state index is 0. The van der Waals surface area contributed by atoms with Crippen molar-refractivity contribution in [2.75, 3.05) is 17.2 Å². The molecule has 0 bridgehead atoms. The van der Waals surface area contributed by atoms with Crippen LogP contribution in [0.4, 0.5) is 5.69 Å². The van der Waals surface area contributed by atoms with Crippen molar-refractivity contribution in [2.45, 2.75) is 17.9 Å². The highest BCUT2D eigenvalue weighted by atomic mass is 35.5. The van der Waals surface area contributed by atoms with Crippen molar-refractivity contribution >= 4 is 56.6 Å². The molecule has 0 aliphatic heterocycles. The monoisotopic (exact) mass is 532 g/mol. The molecule has 2 N–H and O–H groups in total. The molecule has 0 saturated carbocycles. The van der Waals surface area contributed by atoms with Crippen LogP contribution in [0.3, 0.4) is 0 Å². The predicted octanol–water partition coefficient (Wildman–Crippen LogP) is 1.69. The number of hydrogen-bond donors (Lipinski definition) is 2. The number of pyridine rings is 1. The summed E-state index contributed by atoms with van der Waals surface area (Å²) >= 11 is 5.97. The minimum Gasteiger partial charge on any atom is -0.342 e. The van der Waals surface area contributed by atoms with Gasteiger partial charge in [-0.05, 0) is 37.3 Å². The highest BCUT2D eigenvalue weighted by molar-refractivity contribution is 7.92. The van der Waals surface area contributed by atoms with E-state index in [1.807, 2.05) is 0 Å². The van der Waals surface area contributed by atoms with Crippen LogP contribution in [0.2, 0.25) is 5.02 Å². The van der Waals surface area contributed by atoms with Gasteiger partial charge in [-0.2, -0.15) is 23.3 Å². The van der Waals surface area contributed by atoms with E-state index in [-0.39, 0.29) is 34.7 Å². The van der Waals surface area contributed by atoms with E-state index < -0.39 is 31.8 Å². The molecule has 15 heteroatoms. The van der Waals surface area contributed by atoms with Crippen LogP contribution >= 0.6 is 25.1 Å². The fraction of sp³-hybridized carbons (Fsp3) is 0.222. The van der Waals surface area contributed by atoms with Crippen LogP contribution in [0.5, 0.6) is 0 Å². The Bertz CT molecular complexity index is 1370. The maximum Gasteiger partial charge on any atom is 0.251 e. The number of halogens is 1. The van der Waals surface area contributed by atoms with Gasteiger partial charge < -0.3 is 5.32 Å². The van der Waals surface area contributed by atoms with E-state index in [1.165, 1.54) is 47.5 Å². The van der Waals surface area contributed by atoms with E-state index in [4.69, 9.17) is 11.6 Å². The predicted molar refractivity (Wildman–Crippen MR) is 128 cm³/mol. The standard InChI is InChI=1S/C18H19ClN6O5S2.H2S/c1-11(23-18(26)12-6-13(19)8-15(7-12)31(2,27)28)17-21-10-22-25(17)16-5-4-14(9-20-16)24-32(3,29)30;/h4-11,24H,1-3H3,(H,23,26);1H2/t11-;/m1./s1. The molecule has 3 rings (SSSR count). The zero-order valence-corrected chi connectivity index (χ0v) is 21.0. The molecule has 0 radical (unpaired) electrons. The van der Waals surface area contributed by atoms with E-state index in [9.17, 15) is 21.6 Å². The van der Waals surface area contributed by atoms with Crippen molar-refractivity contribution in [3.8, 4) is 5.82 Å². The molecule has 1 aromatic carbocycles. The summed E-state index contributed by atoms with van der Waals surface area (Å²) < 4.78 is 50.0. The zero-order chi connectivity index (χ0) is 23.7. The number of carbonyl (C=O) groups is 1. The van der Waals surface area contributed by atoms with Gasteiger partial charge in [0.1, 0.15) is 6.33 Å². The van der Waals surface area contributed by atoms with Crippen molar-refractivity contribution in [2.24, 2.45) is 0 Å². The first-order valence-corrected chi connectivity index (χ1v) is 13.2. The van der Waals surface area contributed by atoms with Gasteiger partial charge in [-0.15, -0.1) is 0 Å². The van der Waals surface area contributed by atoms with Gasteiger partial charge in [0.25, 0.3) is 5.91 Å². The van der Waals surface area contributed by atoms with Gasteiger partial charge in [-0.25, -0.2) is 26.8 Å².